The molecule has 0 aliphatic heterocycles. The third-order valence-corrected chi connectivity index (χ3v) is 4.12. The molecule has 0 aliphatic carbocycles. The van der Waals surface area contributed by atoms with Gasteiger partial charge in [0, 0.05) is 22.8 Å². The van der Waals surface area contributed by atoms with Crippen LogP contribution in [0.5, 0.6) is 11.5 Å². The van der Waals surface area contributed by atoms with Crippen molar-refractivity contribution in [3.05, 3.63) is 88.4 Å². The first kappa shape index (κ1) is 17.2. The fourth-order valence-electron chi connectivity index (χ4n) is 2.45. The van der Waals surface area contributed by atoms with E-state index in [0.29, 0.717) is 18.2 Å². The Morgan fingerprint density at radius 2 is 1.68 bits per heavy atom. The summed E-state index contributed by atoms with van der Waals surface area (Å²) in [6.07, 6.45) is 0. The molecule has 2 N–H and O–H groups in total. The van der Waals surface area contributed by atoms with Crippen LogP contribution < -0.4 is 10.1 Å². The van der Waals surface area contributed by atoms with Gasteiger partial charge < -0.3 is 15.2 Å². The van der Waals surface area contributed by atoms with Gasteiger partial charge in [-0.1, -0.05) is 41.4 Å². The minimum absolute atomic E-state index is 0.246. The lowest BCUT2D eigenvalue weighted by Gasteiger charge is -2.14. The van der Waals surface area contributed by atoms with Crippen molar-refractivity contribution in [3.8, 4) is 11.5 Å². The zero-order valence-electron chi connectivity index (χ0n) is 14.0. The summed E-state index contributed by atoms with van der Waals surface area (Å²) in [5.41, 5.74) is 4.25. The molecule has 0 unspecified atom stereocenters. The standard InChI is InChI=1S/C21H20ClNO2/c1-15-2-4-16(5-3-15)14-25-21-11-6-18(22)12-17(21)13-23-19-7-9-20(24)10-8-19/h2-12,23-24H,13-14H2,1H3. The van der Waals surface area contributed by atoms with Crippen molar-refractivity contribution in [2.24, 2.45) is 0 Å². The Balaban J connectivity index is 1.69. The number of aromatic hydroxyl groups is 1. The molecule has 0 amide bonds. The Morgan fingerprint density at radius 3 is 2.40 bits per heavy atom. The molecule has 25 heavy (non-hydrogen) atoms. The fourth-order valence-corrected chi connectivity index (χ4v) is 2.64. The van der Waals surface area contributed by atoms with E-state index in [4.69, 9.17) is 16.3 Å². The van der Waals surface area contributed by atoms with Gasteiger partial charge in [0.2, 0.25) is 0 Å². The molecule has 128 valence electrons. The van der Waals surface area contributed by atoms with Gasteiger partial charge in [-0.2, -0.15) is 0 Å². The minimum atomic E-state index is 0.246. The maximum atomic E-state index is 9.35. The van der Waals surface area contributed by atoms with Crippen LogP contribution in [0.15, 0.2) is 66.7 Å². The lowest BCUT2D eigenvalue weighted by Crippen LogP contribution is -2.04. The van der Waals surface area contributed by atoms with E-state index < -0.39 is 0 Å². The van der Waals surface area contributed by atoms with Crippen LogP contribution in [0.4, 0.5) is 5.69 Å². The van der Waals surface area contributed by atoms with Crippen molar-refractivity contribution in [3.63, 3.8) is 0 Å². The van der Waals surface area contributed by atoms with Crippen molar-refractivity contribution in [1.29, 1.82) is 0 Å². The molecule has 0 aromatic heterocycles. The van der Waals surface area contributed by atoms with Crippen LogP contribution in [-0.4, -0.2) is 5.11 Å². The van der Waals surface area contributed by atoms with Crippen molar-refractivity contribution in [2.45, 2.75) is 20.1 Å². The van der Waals surface area contributed by atoms with Gasteiger partial charge in [0.05, 0.1) is 0 Å². The summed E-state index contributed by atoms with van der Waals surface area (Å²) in [5, 5.41) is 13.3. The molecule has 0 saturated heterocycles. The van der Waals surface area contributed by atoms with Gasteiger partial charge in [0.25, 0.3) is 0 Å². The monoisotopic (exact) mass is 353 g/mol. The summed E-state index contributed by atoms with van der Waals surface area (Å²) in [4.78, 5) is 0. The molecule has 3 rings (SSSR count). The van der Waals surface area contributed by atoms with Crippen molar-refractivity contribution < 1.29 is 9.84 Å². The summed E-state index contributed by atoms with van der Waals surface area (Å²) < 4.78 is 5.99. The quantitative estimate of drug-likeness (QED) is 0.571. The first-order valence-corrected chi connectivity index (χ1v) is 8.47. The van der Waals surface area contributed by atoms with Crippen molar-refractivity contribution >= 4 is 17.3 Å². The highest BCUT2D eigenvalue weighted by atomic mass is 35.5. The molecule has 4 heteroatoms. The summed E-state index contributed by atoms with van der Waals surface area (Å²) >= 11 is 6.14. The zero-order valence-corrected chi connectivity index (χ0v) is 14.8. The zero-order chi connectivity index (χ0) is 17.6. The first-order chi connectivity index (χ1) is 12.1. The summed E-state index contributed by atoms with van der Waals surface area (Å²) in [6.45, 7) is 3.15. The molecule has 0 aliphatic rings. The van der Waals surface area contributed by atoms with E-state index in [2.05, 4.69) is 36.5 Å². The third-order valence-electron chi connectivity index (χ3n) is 3.89. The largest absolute Gasteiger partial charge is 0.508 e. The Morgan fingerprint density at radius 1 is 0.960 bits per heavy atom. The number of phenolic OH excluding ortho intramolecular Hbond substituents is 1. The molecule has 0 spiro atoms. The molecule has 0 bridgehead atoms. The molecule has 0 saturated carbocycles. The van der Waals surface area contributed by atoms with Crippen LogP contribution >= 0.6 is 11.6 Å². The highest BCUT2D eigenvalue weighted by Gasteiger charge is 2.06. The third kappa shape index (κ3) is 4.91. The Kier molecular flexibility index (Phi) is 5.46. The number of phenols is 1. The van der Waals surface area contributed by atoms with E-state index >= 15 is 0 Å². The summed E-state index contributed by atoms with van der Waals surface area (Å²) in [5.74, 6) is 1.05. The van der Waals surface area contributed by atoms with E-state index in [0.717, 1.165) is 22.6 Å². The van der Waals surface area contributed by atoms with Gasteiger partial charge in [0.15, 0.2) is 0 Å². The summed E-state index contributed by atoms with van der Waals surface area (Å²) in [6, 6.07) is 20.9. The Hall–Kier alpha value is -2.65. The number of rotatable bonds is 6. The Labute approximate surface area is 152 Å². The number of halogens is 1. The smallest absolute Gasteiger partial charge is 0.124 e. The average molecular weight is 354 g/mol. The molecule has 0 fully saturated rings. The molecule has 0 heterocycles. The highest BCUT2D eigenvalue weighted by molar-refractivity contribution is 6.30. The fraction of sp³-hybridized carbons (Fsp3) is 0.143. The molecular weight excluding hydrogens is 334 g/mol. The number of nitrogens with one attached hydrogen (secondary N) is 1. The van der Waals surface area contributed by atoms with Gasteiger partial charge in [-0.25, -0.2) is 0 Å². The molecule has 3 aromatic carbocycles. The second kappa shape index (κ2) is 7.95. The first-order valence-electron chi connectivity index (χ1n) is 8.10. The lowest BCUT2D eigenvalue weighted by atomic mass is 10.1. The van der Waals surface area contributed by atoms with Crippen LogP contribution in [0, 0.1) is 6.92 Å². The average Bonchev–Trinajstić information content (AvgIpc) is 2.62. The maximum absolute atomic E-state index is 9.35. The van der Waals surface area contributed by atoms with Gasteiger partial charge in [-0.3, -0.25) is 0 Å². The summed E-state index contributed by atoms with van der Waals surface area (Å²) in [7, 11) is 0. The number of hydrogen-bond acceptors (Lipinski definition) is 3. The second-order valence-electron chi connectivity index (χ2n) is 5.93. The topological polar surface area (TPSA) is 41.5 Å². The predicted molar refractivity (Wildman–Crippen MR) is 102 cm³/mol. The predicted octanol–water partition coefficient (Wildman–Crippen LogP) is 5.55. The van der Waals surface area contributed by atoms with E-state index in [1.54, 1.807) is 12.1 Å². The van der Waals surface area contributed by atoms with Crippen LogP contribution in [0.25, 0.3) is 0 Å². The van der Waals surface area contributed by atoms with Gasteiger partial charge in [0.1, 0.15) is 18.1 Å². The molecule has 0 atom stereocenters. The molecular formula is C21H20ClNO2. The second-order valence-corrected chi connectivity index (χ2v) is 6.36. The minimum Gasteiger partial charge on any atom is -0.508 e. The Bertz CT molecular complexity index is 830. The number of ether oxygens (including phenoxy) is 1. The number of aryl methyl sites for hydroxylation is 1. The van der Waals surface area contributed by atoms with E-state index in [9.17, 15) is 5.11 Å². The van der Waals surface area contributed by atoms with Crippen LogP contribution in [0.1, 0.15) is 16.7 Å². The SMILES string of the molecule is Cc1ccc(COc2ccc(Cl)cc2CNc2ccc(O)cc2)cc1. The normalized spacial score (nSPS) is 10.5. The van der Waals surface area contributed by atoms with Gasteiger partial charge >= 0.3 is 0 Å². The number of benzene rings is 3. The van der Waals surface area contributed by atoms with Gasteiger partial charge in [-0.15, -0.1) is 0 Å². The van der Waals surface area contributed by atoms with Crippen molar-refractivity contribution in [2.75, 3.05) is 5.32 Å². The highest BCUT2D eigenvalue weighted by Crippen LogP contribution is 2.25. The van der Waals surface area contributed by atoms with E-state index in [1.165, 1.54) is 5.56 Å². The van der Waals surface area contributed by atoms with E-state index in [-0.39, 0.29) is 5.75 Å². The van der Waals surface area contributed by atoms with Gasteiger partial charge in [-0.05, 0) is 55.0 Å². The maximum Gasteiger partial charge on any atom is 0.124 e. The lowest BCUT2D eigenvalue weighted by molar-refractivity contribution is 0.303. The van der Waals surface area contributed by atoms with Crippen LogP contribution in [0.3, 0.4) is 0 Å². The number of hydrogen-bond donors (Lipinski definition) is 2. The molecule has 0 radical (unpaired) electrons. The van der Waals surface area contributed by atoms with Crippen LogP contribution in [-0.2, 0) is 13.2 Å². The van der Waals surface area contributed by atoms with Crippen LogP contribution in [0.2, 0.25) is 5.02 Å². The van der Waals surface area contributed by atoms with E-state index in [1.807, 2.05) is 30.3 Å². The van der Waals surface area contributed by atoms with Crippen molar-refractivity contribution in [1.82, 2.24) is 0 Å². The number of anilines is 1. The molecule has 3 nitrogen and oxygen atoms in total. The molecule has 3 aromatic rings.